The van der Waals surface area contributed by atoms with E-state index in [9.17, 15) is 9.18 Å². The van der Waals surface area contributed by atoms with Crippen molar-refractivity contribution in [2.24, 2.45) is 0 Å². The lowest BCUT2D eigenvalue weighted by Gasteiger charge is -2.26. The van der Waals surface area contributed by atoms with Crippen LogP contribution in [0.15, 0.2) is 0 Å². The van der Waals surface area contributed by atoms with E-state index in [2.05, 4.69) is 15.6 Å². The number of amides is 1. The van der Waals surface area contributed by atoms with Crippen molar-refractivity contribution >= 4 is 46.6 Å². The summed E-state index contributed by atoms with van der Waals surface area (Å²) in [5.41, 5.74) is -0.439. The summed E-state index contributed by atoms with van der Waals surface area (Å²) in [5.74, 6) is -1.24. The number of pyridine rings is 1. The summed E-state index contributed by atoms with van der Waals surface area (Å²) in [6.45, 7) is 0. The summed E-state index contributed by atoms with van der Waals surface area (Å²) < 4.78 is 13.6. The van der Waals surface area contributed by atoms with E-state index < -0.39 is 17.2 Å². The number of nitrogens with zero attached hydrogens (tertiary/aromatic N) is 1. The van der Waals surface area contributed by atoms with Gasteiger partial charge in [0.25, 0.3) is 5.91 Å². The second-order valence-electron chi connectivity index (χ2n) is 2.99. The summed E-state index contributed by atoms with van der Waals surface area (Å²) in [6.07, 6.45) is 1.77. The third-order valence-corrected chi connectivity index (χ3v) is 3.28. The molecule has 1 aliphatic rings. The molecule has 2 N–H and O–H groups in total. The molecule has 1 atom stereocenters. The average Bonchev–Trinajstić information content (AvgIpc) is 2.24. The molecule has 1 unspecified atom stereocenters. The maximum Gasteiger partial charge on any atom is 0.258 e. The van der Waals surface area contributed by atoms with Gasteiger partial charge in [-0.2, -0.15) is 0 Å². The molecule has 0 spiro atoms. The minimum absolute atomic E-state index is 0.00639. The van der Waals surface area contributed by atoms with Crippen molar-refractivity contribution in [1.29, 1.82) is 0 Å². The molecule has 8 heteroatoms. The van der Waals surface area contributed by atoms with Crippen LogP contribution in [0.3, 0.4) is 0 Å². The zero-order chi connectivity index (χ0) is 11.9. The molecule has 0 saturated heterocycles. The lowest BCUT2D eigenvalue weighted by atomic mass is 10.2. The fourth-order valence-corrected chi connectivity index (χ4v) is 2.27. The Bertz CT molecular complexity index is 471. The van der Waals surface area contributed by atoms with Gasteiger partial charge in [0.2, 0.25) is 0 Å². The van der Waals surface area contributed by atoms with Crippen LogP contribution in [0.25, 0.3) is 0 Å². The average molecular weight is 282 g/mol. The van der Waals surface area contributed by atoms with Crippen molar-refractivity contribution in [2.45, 2.75) is 5.50 Å². The van der Waals surface area contributed by atoms with Gasteiger partial charge < -0.3 is 10.6 Å². The van der Waals surface area contributed by atoms with Crippen molar-refractivity contribution in [3.05, 3.63) is 21.7 Å². The maximum absolute atomic E-state index is 13.6. The number of aromatic nitrogens is 1. The van der Waals surface area contributed by atoms with Crippen LogP contribution in [-0.4, -0.2) is 22.6 Å². The van der Waals surface area contributed by atoms with Crippen LogP contribution in [0.4, 0.5) is 10.1 Å². The molecule has 0 radical (unpaired) electrons. The highest BCUT2D eigenvalue weighted by Gasteiger charge is 2.30. The van der Waals surface area contributed by atoms with E-state index in [0.29, 0.717) is 0 Å². The van der Waals surface area contributed by atoms with Crippen LogP contribution in [0.1, 0.15) is 10.4 Å². The van der Waals surface area contributed by atoms with E-state index in [1.807, 2.05) is 0 Å². The highest BCUT2D eigenvalue weighted by molar-refractivity contribution is 7.99. The second kappa shape index (κ2) is 4.27. The smallest absolute Gasteiger partial charge is 0.258 e. The summed E-state index contributed by atoms with van der Waals surface area (Å²) in [6, 6.07) is 0. The molecule has 0 fully saturated rings. The molecule has 0 saturated carbocycles. The number of carbonyl (C=O) groups excluding carboxylic acids is 1. The Kier molecular flexibility index (Phi) is 3.14. The van der Waals surface area contributed by atoms with Crippen LogP contribution in [0, 0.1) is 5.82 Å². The molecule has 0 bridgehead atoms. The minimum Gasteiger partial charge on any atom is -0.354 e. The molecule has 1 amide bonds. The molecular formula is C8H6Cl2FN3OS. The predicted octanol–water partition coefficient (Wildman–Crippen LogP) is 2.33. The van der Waals surface area contributed by atoms with E-state index in [0.717, 1.165) is 0 Å². The molecule has 86 valence electrons. The van der Waals surface area contributed by atoms with Crippen LogP contribution >= 0.6 is 35.0 Å². The van der Waals surface area contributed by atoms with Crippen LogP contribution in [0.5, 0.6) is 0 Å². The Morgan fingerprint density at radius 2 is 2.06 bits per heavy atom. The highest BCUT2D eigenvalue weighted by atomic mass is 35.5. The summed E-state index contributed by atoms with van der Waals surface area (Å²) in [5, 5.41) is 4.89. The van der Waals surface area contributed by atoms with Crippen molar-refractivity contribution in [2.75, 3.05) is 11.6 Å². The Morgan fingerprint density at radius 1 is 1.38 bits per heavy atom. The van der Waals surface area contributed by atoms with Gasteiger partial charge in [0.05, 0.1) is 5.69 Å². The molecule has 1 aromatic rings. The number of carbonyl (C=O) groups is 1. The Morgan fingerprint density at radius 3 is 2.69 bits per heavy atom. The topological polar surface area (TPSA) is 54.0 Å². The first kappa shape index (κ1) is 11.8. The van der Waals surface area contributed by atoms with E-state index in [1.54, 1.807) is 6.26 Å². The highest BCUT2D eigenvalue weighted by Crippen LogP contribution is 2.33. The monoisotopic (exact) mass is 281 g/mol. The van der Waals surface area contributed by atoms with Gasteiger partial charge >= 0.3 is 0 Å². The normalized spacial score (nSPS) is 18.8. The van der Waals surface area contributed by atoms with Gasteiger partial charge in [0.1, 0.15) is 16.2 Å². The second-order valence-corrected chi connectivity index (χ2v) is 4.65. The number of thioether (sulfide) groups is 1. The van der Waals surface area contributed by atoms with Gasteiger partial charge in [-0.1, -0.05) is 23.2 Å². The van der Waals surface area contributed by atoms with E-state index in [1.165, 1.54) is 11.8 Å². The molecule has 2 rings (SSSR count). The maximum atomic E-state index is 13.6. The van der Waals surface area contributed by atoms with Crippen molar-refractivity contribution in [1.82, 2.24) is 10.3 Å². The van der Waals surface area contributed by atoms with Crippen LogP contribution in [0.2, 0.25) is 10.3 Å². The molecular weight excluding hydrogens is 276 g/mol. The quantitative estimate of drug-likeness (QED) is 0.776. The Hall–Kier alpha value is -0.720. The molecule has 16 heavy (non-hydrogen) atoms. The molecule has 1 aliphatic heterocycles. The zero-order valence-corrected chi connectivity index (χ0v) is 10.3. The molecule has 4 nitrogen and oxygen atoms in total. The molecule has 2 heterocycles. The Balaban J connectivity index is 2.60. The third kappa shape index (κ3) is 1.81. The molecule has 0 aliphatic carbocycles. The number of anilines is 1. The number of nitrogens with one attached hydrogen (secondary N) is 2. The lowest BCUT2D eigenvalue weighted by Crippen LogP contribution is -2.43. The van der Waals surface area contributed by atoms with Crippen molar-refractivity contribution in [3.63, 3.8) is 0 Å². The first-order chi connectivity index (χ1) is 7.54. The summed E-state index contributed by atoms with van der Waals surface area (Å²) in [4.78, 5) is 15.2. The van der Waals surface area contributed by atoms with Crippen molar-refractivity contribution in [3.8, 4) is 0 Å². The first-order valence-electron chi connectivity index (χ1n) is 4.19. The van der Waals surface area contributed by atoms with Gasteiger partial charge in [-0.25, -0.2) is 9.37 Å². The van der Waals surface area contributed by atoms with Gasteiger partial charge in [-0.3, -0.25) is 4.79 Å². The van der Waals surface area contributed by atoms with Gasteiger partial charge in [0, 0.05) is 0 Å². The van der Waals surface area contributed by atoms with Gasteiger partial charge in [-0.05, 0) is 6.26 Å². The van der Waals surface area contributed by atoms with Crippen molar-refractivity contribution < 1.29 is 9.18 Å². The predicted molar refractivity (Wildman–Crippen MR) is 62.6 cm³/mol. The minimum atomic E-state index is -0.769. The van der Waals surface area contributed by atoms with E-state index in [4.69, 9.17) is 23.2 Å². The van der Waals surface area contributed by atoms with E-state index in [-0.39, 0.29) is 21.6 Å². The summed E-state index contributed by atoms with van der Waals surface area (Å²) in [7, 11) is 0. The number of rotatable bonds is 1. The lowest BCUT2D eigenvalue weighted by molar-refractivity contribution is 0.0947. The standard InChI is InChI=1S/C8H6Cl2FN3OS/c1-16-8-12-4-2(7(15)14-8)5(9)13-6(10)3(4)11/h8,12H,1H3,(H,14,15). The first-order valence-corrected chi connectivity index (χ1v) is 6.23. The largest absolute Gasteiger partial charge is 0.354 e. The molecule has 1 aromatic heterocycles. The van der Waals surface area contributed by atoms with Crippen LogP contribution in [-0.2, 0) is 0 Å². The molecule has 0 aromatic carbocycles. The van der Waals surface area contributed by atoms with Gasteiger partial charge in [0.15, 0.2) is 11.0 Å². The number of fused-ring (bicyclic) bond motifs is 1. The van der Waals surface area contributed by atoms with Gasteiger partial charge in [-0.15, -0.1) is 11.8 Å². The number of hydrogen-bond donors (Lipinski definition) is 2. The third-order valence-electron chi connectivity index (χ3n) is 2.05. The fraction of sp³-hybridized carbons (Fsp3) is 0.250. The zero-order valence-electron chi connectivity index (χ0n) is 7.97. The van der Waals surface area contributed by atoms with Crippen LogP contribution < -0.4 is 10.6 Å². The summed E-state index contributed by atoms with van der Waals surface area (Å²) >= 11 is 12.6. The number of hydrogen-bond acceptors (Lipinski definition) is 4. The number of halogens is 3. The fourth-order valence-electron chi connectivity index (χ4n) is 1.33. The van der Waals surface area contributed by atoms with E-state index >= 15 is 0 Å². The SMILES string of the molecule is CSC1NC(=O)c2c(Cl)nc(Cl)c(F)c2N1. The Labute approximate surface area is 105 Å².